The van der Waals surface area contributed by atoms with E-state index in [9.17, 15) is 12.8 Å². The van der Waals surface area contributed by atoms with E-state index in [2.05, 4.69) is 20.1 Å². The van der Waals surface area contributed by atoms with Gasteiger partial charge in [0.2, 0.25) is 0 Å². The molecule has 0 amide bonds. The summed E-state index contributed by atoms with van der Waals surface area (Å²) in [7, 11) is -3.60. The number of rotatable bonds is 5. The number of anilines is 1. The lowest BCUT2D eigenvalue weighted by molar-refractivity contribution is 0.165. The van der Waals surface area contributed by atoms with Gasteiger partial charge in [-0.2, -0.15) is 0 Å². The van der Waals surface area contributed by atoms with Crippen LogP contribution in [-0.4, -0.2) is 62.9 Å². The monoisotopic (exact) mass is 418 g/mol. The summed E-state index contributed by atoms with van der Waals surface area (Å²) in [5.74, 6) is 0.561. The van der Waals surface area contributed by atoms with Crippen molar-refractivity contribution < 1.29 is 12.8 Å². The quantitative estimate of drug-likeness (QED) is 0.751. The van der Waals surface area contributed by atoms with E-state index in [0.29, 0.717) is 13.1 Å². The van der Waals surface area contributed by atoms with Crippen LogP contribution >= 0.6 is 0 Å². The van der Waals surface area contributed by atoms with Crippen molar-refractivity contribution in [2.24, 2.45) is 5.92 Å². The van der Waals surface area contributed by atoms with Crippen LogP contribution in [0.15, 0.2) is 53.6 Å². The van der Waals surface area contributed by atoms with E-state index in [0.717, 1.165) is 44.8 Å². The van der Waals surface area contributed by atoms with Crippen molar-refractivity contribution in [3.63, 3.8) is 0 Å². The highest BCUT2D eigenvalue weighted by Gasteiger charge is 2.40. The molecule has 2 aromatic rings. The third kappa shape index (κ3) is 4.44. The van der Waals surface area contributed by atoms with Gasteiger partial charge >= 0.3 is 0 Å². The van der Waals surface area contributed by atoms with E-state index in [1.54, 1.807) is 6.20 Å². The highest BCUT2D eigenvalue weighted by atomic mass is 32.2. The van der Waals surface area contributed by atoms with Crippen LogP contribution in [0.3, 0.4) is 0 Å². The molecule has 1 unspecified atom stereocenters. The van der Waals surface area contributed by atoms with Gasteiger partial charge in [0.25, 0.3) is 0 Å². The minimum Gasteiger partial charge on any atom is -0.354 e. The van der Waals surface area contributed by atoms with E-state index in [4.69, 9.17) is 0 Å². The Labute approximate surface area is 171 Å². The maximum absolute atomic E-state index is 13.6. The minimum absolute atomic E-state index is 0.0627. The van der Waals surface area contributed by atoms with Crippen LogP contribution in [0.1, 0.15) is 12.8 Å². The Hall–Kier alpha value is -2.03. The van der Waals surface area contributed by atoms with Crippen LogP contribution in [0.5, 0.6) is 0 Å². The van der Waals surface area contributed by atoms with Crippen LogP contribution in [-0.2, 0) is 9.84 Å². The zero-order valence-corrected chi connectivity index (χ0v) is 17.2. The average molecular weight is 419 g/mol. The second kappa shape index (κ2) is 8.77. The summed E-state index contributed by atoms with van der Waals surface area (Å²) in [6.07, 6.45) is 3.43. The maximum atomic E-state index is 13.6. The zero-order chi connectivity index (χ0) is 20.3. The SMILES string of the molecule is O=S(=O)(c1ccc(F)cc1)C(C1CCNCC1)N1CCN(c2ccccn2)CC1. The van der Waals surface area contributed by atoms with Crippen molar-refractivity contribution in [2.45, 2.75) is 23.1 Å². The Morgan fingerprint density at radius 2 is 1.69 bits per heavy atom. The van der Waals surface area contributed by atoms with Gasteiger partial charge in [0, 0.05) is 32.4 Å². The maximum Gasteiger partial charge on any atom is 0.194 e. The molecular formula is C21H27FN4O2S. The van der Waals surface area contributed by atoms with Gasteiger partial charge in [-0.05, 0) is 68.2 Å². The zero-order valence-electron chi connectivity index (χ0n) is 16.4. The van der Waals surface area contributed by atoms with Crippen LogP contribution < -0.4 is 10.2 Å². The first-order valence-electron chi connectivity index (χ1n) is 10.2. The predicted molar refractivity (Wildman–Crippen MR) is 111 cm³/mol. The van der Waals surface area contributed by atoms with Crippen molar-refractivity contribution in [1.29, 1.82) is 0 Å². The average Bonchev–Trinajstić information content (AvgIpc) is 2.76. The second-order valence-electron chi connectivity index (χ2n) is 7.69. The Kier molecular flexibility index (Phi) is 6.12. The highest BCUT2D eigenvalue weighted by molar-refractivity contribution is 7.92. The molecule has 0 radical (unpaired) electrons. The lowest BCUT2D eigenvalue weighted by atomic mass is 9.97. The van der Waals surface area contributed by atoms with Crippen molar-refractivity contribution in [3.05, 3.63) is 54.5 Å². The summed E-state index contributed by atoms with van der Waals surface area (Å²) in [6.45, 7) is 4.44. The fraction of sp³-hybridized carbons (Fsp3) is 0.476. The number of hydrogen-bond acceptors (Lipinski definition) is 6. The largest absolute Gasteiger partial charge is 0.354 e. The molecule has 1 aromatic heterocycles. The summed E-state index contributed by atoms with van der Waals surface area (Å²) >= 11 is 0. The van der Waals surface area contributed by atoms with E-state index in [1.165, 1.54) is 24.3 Å². The lowest BCUT2D eigenvalue weighted by Crippen LogP contribution is -2.56. The molecule has 0 aliphatic carbocycles. The van der Waals surface area contributed by atoms with E-state index >= 15 is 0 Å². The molecule has 2 saturated heterocycles. The topological polar surface area (TPSA) is 65.5 Å². The van der Waals surface area contributed by atoms with Gasteiger partial charge < -0.3 is 10.2 Å². The van der Waals surface area contributed by atoms with Gasteiger partial charge in [-0.15, -0.1) is 0 Å². The van der Waals surface area contributed by atoms with E-state index in [1.807, 2.05) is 18.2 Å². The molecule has 4 rings (SSSR count). The molecule has 29 heavy (non-hydrogen) atoms. The molecule has 0 bridgehead atoms. The van der Waals surface area contributed by atoms with Crippen LogP contribution in [0.4, 0.5) is 10.2 Å². The fourth-order valence-electron chi connectivity index (χ4n) is 4.39. The number of piperidine rings is 1. The molecule has 1 atom stereocenters. The molecule has 3 heterocycles. The second-order valence-corrected chi connectivity index (χ2v) is 9.73. The van der Waals surface area contributed by atoms with E-state index < -0.39 is 21.0 Å². The predicted octanol–water partition coefficient (Wildman–Crippen LogP) is 2.14. The van der Waals surface area contributed by atoms with Gasteiger partial charge in [0.15, 0.2) is 9.84 Å². The highest BCUT2D eigenvalue weighted by Crippen LogP contribution is 2.31. The van der Waals surface area contributed by atoms with Crippen LogP contribution in [0.2, 0.25) is 0 Å². The van der Waals surface area contributed by atoms with Crippen molar-refractivity contribution >= 4 is 15.7 Å². The molecule has 0 spiro atoms. The van der Waals surface area contributed by atoms with Crippen LogP contribution in [0.25, 0.3) is 0 Å². The molecule has 1 aromatic carbocycles. The first-order chi connectivity index (χ1) is 14.1. The van der Waals surface area contributed by atoms with Gasteiger partial charge in [-0.25, -0.2) is 17.8 Å². The minimum atomic E-state index is -3.60. The third-order valence-electron chi connectivity index (χ3n) is 5.89. The molecule has 8 heteroatoms. The third-order valence-corrected chi connectivity index (χ3v) is 8.14. The van der Waals surface area contributed by atoms with Gasteiger partial charge in [-0.3, -0.25) is 4.90 Å². The molecule has 2 aliphatic heterocycles. The number of benzene rings is 1. The van der Waals surface area contributed by atoms with Crippen LogP contribution in [0, 0.1) is 11.7 Å². The number of sulfone groups is 1. The number of nitrogens with one attached hydrogen (secondary N) is 1. The molecule has 2 fully saturated rings. The van der Waals surface area contributed by atoms with Gasteiger partial charge in [-0.1, -0.05) is 6.07 Å². The number of halogens is 1. The molecule has 2 aliphatic rings. The van der Waals surface area contributed by atoms with Gasteiger partial charge in [0.05, 0.1) is 4.90 Å². The molecule has 156 valence electrons. The molecule has 6 nitrogen and oxygen atoms in total. The Balaban J connectivity index is 1.57. The standard InChI is InChI=1S/C21H27FN4O2S/c22-18-4-6-19(7-5-18)29(27,28)21(17-8-11-23-12-9-17)26-15-13-25(14-16-26)20-3-1-2-10-24-20/h1-7,10,17,21,23H,8-9,11-16H2. The molecular weight excluding hydrogens is 391 g/mol. The summed E-state index contributed by atoms with van der Waals surface area (Å²) in [5, 5.41) is 2.74. The first-order valence-corrected chi connectivity index (χ1v) is 11.7. The summed E-state index contributed by atoms with van der Waals surface area (Å²) in [6, 6.07) is 11.1. The summed E-state index contributed by atoms with van der Waals surface area (Å²) < 4.78 is 40.5. The Bertz CT molecular complexity index is 894. The van der Waals surface area contributed by atoms with Gasteiger partial charge in [0.1, 0.15) is 17.0 Å². The Morgan fingerprint density at radius 3 is 2.31 bits per heavy atom. The number of piperazine rings is 1. The number of nitrogens with zero attached hydrogens (tertiary/aromatic N) is 3. The summed E-state index contributed by atoms with van der Waals surface area (Å²) in [4.78, 5) is 8.92. The number of aromatic nitrogens is 1. The molecule has 0 saturated carbocycles. The van der Waals surface area contributed by atoms with Crippen molar-refractivity contribution in [3.8, 4) is 0 Å². The first kappa shape index (κ1) is 20.3. The Morgan fingerprint density at radius 1 is 1.00 bits per heavy atom. The van der Waals surface area contributed by atoms with Crippen molar-refractivity contribution in [1.82, 2.24) is 15.2 Å². The smallest absolute Gasteiger partial charge is 0.194 e. The normalized spacial score (nSPS) is 20.5. The van der Waals surface area contributed by atoms with E-state index in [-0.39, 0.29) is 10.8 Å². The number of pyridine rings is 1. The fourth-order valence-corrected chi connectivity index (χ4v) is 6.56. The molecule has 1 N–H and O–H groups in total. The lowest BCUT2D eigenvalue weighted by Gasteiger charge is -2.43. The summed E-state index contributed by atoms with van der Waals surface area (Å²) in [5.41, 5.74) is 0. The van der Waals surface area contributed by atoms with Crippen molar-refractivity contribution in [2.75, 3.05) is 44.2 Å². The number of hydrogen-bond donors (Lipinski definition) is 1.